The molecule has 1 saturated heterocycles. The lowest BCUT2D eigenvalue weighted by Gasteiger charge is -2.15. The molecule has 5 nitrogen and oxygen atoms in total. The van der Waals surface area contributed by atoms with E-state index < -0.39 is 0 Å². The number of nitrogens with one attached hydrogen (secondary N) is 1. The number of Topliss-reactive ketones (excluding diaryl/α,β-unsaturated/α-hetero) is 1. The van der Waals surface area contributed by atoms with E-state index in [0.717, 1.165) is 0 Å². The van der Waals surface area contributed by atoms with E-state index in [1.165, 1.54) is 0 Å². The summed E-state index contributed by atoms with van der Waals surface area (Å²) >= 11 is 0. The zero-order valence-electron chi connectivity index (χ0n) is 9.64. The second-order valence-electron chi connectivity index (χ2n) is 3.94. The second-order valence-corrected chi connectivity index (χ2v) is 3.94. The van der Waals surface area contributed by atoms with E-state index in [1.54, 1.807) is 16.9 Å². The van der Waals surface area contributed by atoms with Crippen molar-refractivity contribution in [1.82, 2.24) is 15.1 Å². The average Bonchev–Trinajstić information content (AvgIpc) is 2.96. The molecule has 0 amide bonds. The molecule has 1 fully saturated rings. The van der Waals surface area contributed by atoms with Gasteiger partial charge >= 0.3 is 0 Å². The molecule has 2 atom stereocenters. The van der Waals surface area contributed by atoms with Crippen LogP contribution in [-0.2, 0) is 11.3 Å². The smallest absolute Gasteiger partial charge is 0.187 e. The Kier molecular flexibility index (Phi) is 3.36. The van der Waals surface area contributed by atoms with Crippen LogP contribution in [0.4, 0.5) is 0 Å². The molecule has 0 spiro atoms. The highest BCUT2D eigenvalue weighted by molar-refractivity contribution is 5.97. The van der Waals surface area contributed by atoms with Crippen molar-refractivity contribution in [2.75, 3.05) is 20.3 Å². The highest BCUT2D eigenvalue weighted by Crippen LogP contribution is 2.18. The van der Waals surface area contributed by atoms with Crippen LogP contribution < -0.4 is 5.32 Å². The molecule has 0 aliphatic carbocycles. The van der Waals surface area contributed by atoms with Gasteiger partial charge in [-0.1, -0.05) is 0 Å². The van der Waals surface area contributed by atoms with Gasteiger partial charge in [-0.15, -0.1) is 0 Å². The van der Waals surface area contributed by atoms with Gasteiger partial charge in [-0.2, -0.15) is 5.10 Å². The van der Waals surface area contributed by atoms with Gasteiger partial charge in [0.15, 0.2) is 5.78 Å². The lowest BCUT2D eigenvalue weighted by Crippen LogP contribution is -2.37. The molecule has 88 valence electrons. The molecule has 0 saturated carbocycles. The molecule has 1 aromatic heterocycles. The minimum absolute atomic E-state index is 0.0907. The molecule has 1 N–H and O–H groups in total. The Labute approximate surface area is 94.8 Å². The number of likely N-dealkylation sites (N-methyl/N-ethyl adjacent to an activating group) is 1. The molecule has 2 unspecified atom stereocenters. The van der Waals surface area contributed by atoms with E-state index in [0.29, 0.717) is 25.5 Å². The standard InChI is InChI=1S/C11H17N3O2/c1-3-14-10(4-5-13-14)11(15)8-6-16-7-9(8)12-2/h4-5,8-9,12H,3,6-7H2,1-2H3. The van der Waals surface area contributed by atoms with E-state index in [4.69, 9.17) is 4.74 Å². The van der Waals surface area contributed by atoms with Gasteiger partial charge < -0.3 is 10.1 Å². The maximum absolute atomic E-state index is 12.3. The molecule has 16 heavy (non-hydrogen) atoms. The predicted octanol–water partition coefficient (Wildman–Crippen LogP) is 0.320. The number of nitrogens with zero attached hydrogens (tertiary/aromatic N) is 2. The SMILES string of the molecule is CCn1nccc1C(=O)C1COCC1NC. The van der Waals surface area contributed by atoms with Gasteiger partial charge in [-0.3, -0.25) is 9.48 Å². The van der Waals surface area contributed by atoms with Gasteiger partial charge in [-0.25, -0.2) is 0 Å². The van der Waals surface area contributed by atoms with Crippen molar-refractivity contribution in [2.45, 2.75) is 19.5 Å². The van der Waals surface area contributed by atoms with Crippen LogP contribution in [0.25, 0.3) is 0 Å². The summed E-state index contributed by atoms with van der Waals surface area (Å²) in [6, 6.07) is 1.89. The Bertz CT molecular complexity index is 375. The second kappa shape index (κ2) is 4.76. The summed E-state index contributed by atoms with van der Waals surface area (Å²) in [6.45, 7) is 3.79. The third kappa shape index (κ3) is 1.88. The third-order valence-electron chi connectivity index (χ3n) is 3.06. The molecule has 5 heteroatoms. The zero-order valence-corrected chi connectivity index (χ0v) is 9.64. The van der Waals surface area contributed by atoms with Gasteiger partial charge in [-0.05, 0) is 20.0 Å². The van der Waals surface area contributed by atoms with Crippen molar-refractivity contribution >= 4 is 5.78 Å². The Morgan fingerprint density at radius 3 is 3.19 bits per heavy atom. The molecule has 0 aromatic carbocycles. The monoisotopic (exact) mass is 223 g/mol. The molecule has 1 aliphatic rings. The van der Waals surface area contributed by atoms with E-state index in [9.17, 15) is 4.79 Å². The fourth-order valence-electron chi connectivity index (χ4n) is 2.08. The van der Waals surface area contributed by atoms with Gasteiger partial charge in [0.1, 0.15) is 5.69 Å². The first-order valence-electron chi connectivity index (χ1n) is 5.59. The minimum atomic E-state index is -0.0907. The first kappa shape index (κ1) is 11.3. The number of carbonyl (C=O) groups is 1. The zero-order chi connectivity index (χ0) is 11.5. The highest BCUT2D eigenvalue weighted by Gasteiger charge is 2.34. The number of ether oxygens (including phenoxy) is 1. The molecule has 1 aliphatic heterocycles. The number of hydrogen-bond acceptors (Lipinski definition) is 4. The quantitative estimate of drug-likeness (QED) is 0.747. The molecular formula is C11H17N3O2. The number of rotatable bonds is 4. The summed E-state index contributed by atoms with van der Waals surface area (Å²) in [5, 5.41) is 7.23. The molecular weight excluding hydrogens is 206 g/mol. The Morgan fingerprint density at radius 1 is 1.69 bits per heavy atom. The summed E-state index contributed by atoms with van der Waals surface area (Å²) in [4.78, 5) is 12.3. The highest BCUT2D eigenvalue weighted by atomic mass is 16.5. The van der Waals surface area contributed by atoms with Crippen molar-refractivity contribution in [3.63, 3.8) is 0 Å². The number of aryl methyl sites for hydroxylation is 1. The summed E-state index contributed by atoms with van der Waals surface area (Å²) in [7, 11) is 1.86. The van der Waals surface area contributed by atoms with Crippen LogP contribution in [0, 0.1) is 5.92 Å². The number of carbonyl (C=O) groups excluding carboxylic acids is 1. The minimum Gasteiger partial charge on any atom is -0.379 e. The van der Waals surface area contributed by atoms with Gasteiger partial charge in [0.2, 0.25) is 0 Å². The first-order valence-corrected chi connectivity index (χ1v) is 5.59. The largest absolute Gasteiger partial charge is 0.379 e. The summed E-state index contributed by atoms with van der Waals surface area (Å²) in [5.74, 6) is 0.0307. The number of hydrogen-bond donors (Lipinski definition) is 1. The van der Waals surface area contributed by atoms with Gasteiger partial charge in [0.25, 0.3) is 0 Å². The van der Waals surface area contributed by atoms with Crippen LogP contribution in [0.2, 0.25) is 0 Å². The Hall–Kier alpha value is -1.20. The topological polar surface area (TPSA) is 56.2 Å². The lowest BCUT2D eigenvalue weighted by atomic mass is 9.96. The number of ketones is 1. The average molecular weight is 223 g/mol. The van der Waals surface area contributed by atoms with Crippen molar-refractivity contribution in [3.05, 3.63) is 18.0 Å². The fourth-order valence-corrected chi connectivity index (χ4v) is 2.08. The summed E-state index contributed by atoms with van der Waals surface area (Å²) in [5.41, 5.74) is 0.679. The van der Waals surface area contributed by atoms with Gasteiger partial charge in [0, 0.05) is 18.8 Å². The molecule has 1 aromatic rings. The normalized spacial score (nSPS) is 24.9. The summed E-state index contributed by atoms with van der Waals surface area (Å²) in [6.07, 6.45) is 1.67. The maximum Gasteiger partial charge on any atom is 0.187 e. The third-order valence-corrected chi connectivity index (χ3v) is 3.06. The Balaban J connectivity index is 2.18. The number of aromatic nitrogens is 2. The van der Waals surface area contributed by atoms with Crippen molar-refractivity contribution in [1.29, 1.82) is 0 Å². The molecule has 0 radical (unpaired) electrons. The first-order chi connectivity index (χ1) is 7.77. The van der Waals surface area contributed by atoms with E-state index in [1.807, 2.05) is 14.0 Å². The molecule has 2 rings (SSSR count). The van der Waals surface area contributed by atoms with Crippen molar-refractivity contribution in [2.24, 2.45) is 5.92 Å². The van der Waals surface area contributed by atoms with E-state index in [-0.39, 0.29) is 17.7 Å². The van der Waals surface area contributed by atoms with Crippen LogP contribution in [0.15, 0.2) is 12.3 Å². The van der Waals surface area contributed by atoms with E-state index in [2.05, 4.69) is 10.4 Å². The van der Waals surface area contributed by atoms with Crippen LogP contribution in [0.1, 0.15) is 17.4 Å². The fraction of sp³-hybridized carbons (Fsp3) is 0.636. The Morgan fingerprint density at radius 2 is 2.50 bits per heavy atom. The predicted molar refractivity (Wildman–Crippen MR) is 59.4 cm³/mol. The maximum atomic E-state index is 12.3. The van der Waals surface area contributed by atoms with Crippen molar-refractivity contribution < 1.29 is 9.53 Å². The summed E-state index contributed by atoms with van der Waals surface area (Å²) < 4.78 is 7.07. The van der Waals surface area contributed by atoms with Gasteiger partial charge in [0.05, 0.1) is 19.1 Å². The molecule has 0 bridgehead atoms. The molecule has 2 heterocycles. The van der Waals surface area contributed by atoms with Crippen molar-refractivity contribution in [3.8, 4) is 0 Å². The van der Waals surface area contributed by atoms with Crippen LogP contribution >= 0.6 is 0 Å². The lowest BCUT2D eigenvalue weighted by molar-refractivity contribution is 0.0881. The van der Waals surface area contributed by atoms with Crippen LogP contribution in [-0.4, -0.2) is 41.9 Å². The van der Waals surface area contributed by atoms with E-state index >= 15 is 0 Å². The van der Waals surface area contributed by atoms with Crippen LogP contribution in [0.5, 0.6) is 0 Å². The van der Waals surface area contributed by atoms with Crippen LogP contribution in [0.3, 0.4) is 0 Å².